The molecule has 1 aliphatic heterocycles. The first-order valence-electron chi connectivity index (χ1n) is 6.41. The van der Waals surface area contributed by atoms with Crippen LogP contribution in [-0.2, 0) is 6.54 Å². The Hall–Kier alpha value is -1.46. The average molecular weight is 305 g/mol. The zero-order valence-corrected chi connectivity index (χ0v) is 12.8. The first-order chi connectivity index (χ1) is 9.79. The zero-order valence-electron chi connectivity index (χ0n) is 11.2. The lowest BCUT2D eigenvalue weighted by Crippen LogP contribution is -2.31. The lowest BCUT2D eigenvalue weighted by atomic mass is 10.2. The number of rotatable bonds is 2. The van der Waals surface area contributed by atoms with Gasteiger partial charge in [-0.3, -0.25) is 4.79 Å². The second kappa shape index (κ2) is 5.89. The summed E-state index contributed by atoms with van der Waals surface area (Å²) in [6.07, 6.45) is 0. The first-order valence-corrected chi connectivity index (χ1v) is 8.27. The van der Waals surface area contributed by atoms with Gasteiger partial charge in [-0.05, 0) is 23.1 Å². The molecule has 0 radical (unpaired) electrons. The summed E-state index contributed by atoms with van der Waals surface area (Å²) in [5, 5.41) is 2.59. The normalized spacial score (nSPS) is 14.6. The first kappa shape index (κ1) is 13.5. The lowest BCUT2D eigenvalue weighted by Gasteiger charge is -2.20. The van der Waals surface area contributed by atoms with Crippen molar-refractivity contribution in [3.05, 3.63) is 46.8 Å². The molecule has 0 unspecified atom stereocenters. The molecule has 0 aliphatic carbocycles. The van der Waals surface area contributed by atoms with Gasteiger partial charge in [0.05, 0.1) is 12.7 Å². The van der Waals surface area contributed by atoms with Gasteiger partial charge in [0, 0.05) is 23.7 Å². The van der Waals surface area contributed by atoms with Gasteiger partial charge in [-0.1, -0.05) is 18.2 Å². The van der Waals surface area contributed by atoms with Crippen LogP contribution in [-0.4, -0.2) is 30.2 Å². The van der Waals surface area contributed by atoms with Crippen molar-refractivity contribution in [1.82, 2.24) is 4.90 Å². The van der Waals surface area contributed by atoms with Crippen molar-refractivity contribution in [1.29, 1.82) is 0 Å². The van der Waals surface area contributed by atoms with Crippen molar-refractivity contribution < 1.29 is 9.53 Å². The molecule has 0 fully saturated rings. The second-order valence-electron chi connectivity index (χ2n) is 4.51. The van der Waals surface area contributed by atoms with Gasteiger partial charge in [0.15, 0.2) is 5.06 Å². The second-order valence-corrected chi connectivity index (χ2v) is 6.52. The Kier molecular flexibility index (Phi) is 3.98. The summed E-state index contributed by atoms with van der Waals surface area (Å²) in [6.45, 7) is 1.43. The van der Waals surface area contributed by atoms with E-state index in [9.17, 15) is 4.79 Å². The van der Waals surface area contributed by atoms with E-state index in [1.807, 2.05) is 40.2 Å². The van der Waals surface area contributed by atoms with Crippen LogP contribution in [0.15, 0.2) is 40.6 Å². The van der Waals surface area contributed by atoms with Crippen LogP contribution >= 0.6 is 23.1 Å². The Morgan fingerprint density at radius 2 is 2.15 bits per heavy atom. The maximum Gasteiger partial charge on any atom is 0.258 e. The minimum atomic E-state index is 0.0559. The number of carbonyl (C=O) groups is 1. The van der Waals surface area contributed by atoms with Crippen LogP contribution in [0, 0.1) is 0 Å². The topological polar surface area (TPSA) is 29.5 Å². The molecule has 20 heavy (non-hydrogen) atoms. The highest BCUT2D eigenvalue weighted by Gasteiger charge is 2.23. The third-order valence-corrected chi connectivity index (χ3v) is 5.25. The van der Waals surface area contributed by atoms with E-state index in [1.54, 1.807) is 7.11 Å². The molecule has 1 aromatic heterocycles. The molecule has 1 amide bonds. The van der Waals surface area contributed by atoms with E-state index >= 15 is 0 Å². The van der Waals surface area contributed by atoms with Crippen molar-refractivity contribution in [3.8, 4) is 5.06 Å². The molecule has 2 aromatic rings. The van der Waals surface area contributed by atoms with Gasteiger partial charge in [-0.25, -0.2) is 0 Å². The number of hydrogen-bond donors (Lipinski definition) is 0. The highest BCUT2D eigenvalue weighted by molar-refractivity contribution is 7.99. The fourth-order valence-corrected chi connectivity index (χ4v) is 4.01. The van der Waals surface area contributed by atoms with Gasteiger partial charge >= 0.3 is 0 Å². The van der Waals surface area contributed by atoms with Crippen LogP contribution in [0.1, 0.15) is 15.9 Å². The summed E-state index contributed by atoms with van der Waals surface area (Å²) in [4.78, 5) is 15.8. The van der Waals surface area contributed by atoms with E-state index in [1.165, 1.54) is 21.8 Å². The van der Waals surface area contributed by atoms with Crippen LogP contribution in [0.25, 0.3) is 0 Å². The quantitative estimate of drug-likeness (QED) is 0.850. The molecular formula is C15H15NO2S2. The van der Waals surface area contributed by atoms with Crippen molar-refractivity contribution in [3.63, 3.8) is 0 Å². The largest absolute Gasteiger partial charge is 0.487 e. The number of benzene rings is 1. The number of hydrogen-bond acceptors (Lipinski definition) is 4. The maximum atomic E-state index is 12.6. The number of nitrogens with zero attached hydrogens (tertiary/aromatic N) is 1. The predicted molar refractivity (Wildman–Crippen MR) is 82.8 cm³/mol. The number of fused-ring (bicyclic) bond motifs is 1. The number of amides is 1. The van der Waals surface area contributed by atoms with Crippen molar-refractivity contribution in [2.24, 2.45) is 0 Å². The van der Waals surface area contributed by atoms with Gasteiger partial charge < -0.3 is 9.64 Å². The Bertz CT molecular complexity index is 624. The molecule has 0 atom stereocenters. The summed E-state index contributed by atoms with van der Waals surface area (Å²) < 4.78 is 5.26. The van der Waals surface area contributed by atoms with Crippen LogP contribution < -0.4 is 4.74 Å². The monoisotopic (exact) mass is 305 g/mol. The molecule has 3 rings (SSSR count). The molecule has 1 aliphatic rings. The van der Waals surface area contributed by atoms with Crippen molar-refractivity contribution in [2.45, 2.75) is 11.4 Å². The number of carbonyl (C=O) groups excluding carboxylic acids is 1. The molecule has 0 N–H and O–H groups in total. The SMILES string of the molecule is COc1sccc1C(=O)N1CCSc2ccccc2C1. The number of thioether (sulfide) groups is 1. The molecule has 3 nitrogen and oxygen atoms in total. The third-order valence-electron chi connectivity index (χ3n) is 3.29. The Morgan fingerprint density at radius 1 is 1.30 bits per heavy atom. The summed E-state index contributed by atoms with van der Waals surface area (Å²) in [6, 6.07) is 10.1. The van der Waals surface area contributed by atoms with Gasteiger partial charge in [-0.2, -0.15) is 0 Å². The van der Waals surface area contributed by atoms with Gasteiger partial charge in [-0.15, -0.1) is 23.1 Å². The predicted octanol–water partition coefficient (Wildman–Crippen LogP) is 3.50. The highest BCUT2D eigenvalue weighted by Crippen LogP contribution is 2.31. The Balaban J connectivity index is 1.86. The van der Waals surface area contributed by atoms with Crippen molar-refractivity contribution in [2.75, 3.05) is 19.4 Å². The van der Waals surface area contributed by atoms with E-state index < -0.39 is 0 Å². The number of methoxy groups -OCH3 is 1. The van der Waals surface area contributed by atoms with Crippen molar-refractivity contribution >= 4 is 29.0 Å². The summed E-state index contributed by atoms with van der Waals surface area (Å²) in [5.74, 6) is 0.982. The lowest BCUT2D eigenvalue weighted by molar-refractivity contribution is 0.0752. The number of ether oxygens (including phenoxy) is 1. The Labute approximate surface area is 126 Å². The van der Waals surface area contributed by atoms with Crippen LogP contribution in [0.4, 0.5) is 0 Å². The van der Waals surface area contributed by atoms with Crippen LogP contribution in [0.3, 0.4) is 0 Å². The maximum absolute atomic E-state index is 12.6. The van der Waals surface area contributed by atoms with Gasteiger partial charge in [0.25, 0.3) is 5.91 Å². The van der Waals surface area contributed by atoms with Crippen LogP contribution in [0.5, 0.6) is 5.06 Å². The minimum absolute atomic E-state index is 0.0559. The third kappa shape index (κ3) is 2.55. The molecule has 2 heterocycles. The molecule has 5 heteroatoms. The molecule has 104 valence electrons. The smallest absolute Gasteiger partial charge is 0.258 e. The summed E-state index contributed by atoms with van der Waals surface area (Å²) >= 11 is 3.27. The minimum Gasteiger partial charge on any atom is -0.487 e. The standard InChI is InChI=1S/C15H15NO2S2/c1-18-15-12(6-8-20-15)14(17)16-7-9-19-13-5-3-2-4-11(13)10-16/h2-6,8H,7,9-10H2,1H3. The fraction of sp³-hybridized carbons (Fsp3) is 0.267. The molecule has 0 bridgehead atoms. The van der Waals surface area contributed by atoms with Gasteiger partial charge in [0.1, 0.15) is 0 Å². The summed E-state index contributed by atoms with van der Waals surface area (Å²) in [5.41, 5.74) is 1.89. The highest BCUT2D eigenvalue weighted by atomic mass is 32.2. The molecule has 0 saturated carbocycles. The molecule has 1 aromatic carbocycles. The number of thiophene rings is 1. The molecule has 0 spiro atoms. The summed E-state index contributed by atoms with van der Waals surface area (Å²) in [7, 11) is 1.61. The van der Waals surface area contributed by atoms with E-state index in [0.717, 1.165) is 12.3 Å². The van der Waals surface area contributed by atoms with E-state index in [0.29, 0.717) is 17.2 Å². The fourth-order valence-electron chi connectivity index (χ4n) is 2.28. The van der Waals surface area contributed by atoms with E-state index in [-0.39, 0.29) is 5.91 Å². The van der Waals surface area contributed by atoms with Crippen LogP contribution in [0.2, 0.25) is 0 Å². The molecule has 0 saturated heterocycles. The van der Waals surface area contributed by atoms with E-state index in [4.69, 9.17) is 4.74 Å². The molecular weight excluding hydrogens is 290 g/mol. The average Bonchev–Trinajstić information content (AvgIpc) is 2.85. The Morgan fingerprint density at radius 3 is 3.00 bits per heavy atom. The van der Waals surface area contributed by atoms with E-state index in [2.05, 4.69) is 12.1 Å². The van der Waals surface area contributed by atoms with Gasteiger partial charge in [0.2, 0.25) is 0 Å². The zero-order chi connectivity index (χ0) is 13.9.